The van der Waals surface area contributed by atoms with Crippen LogP contribution in [0.5, 0.6) is 0 Å². The maximum absolute atomic E-state index is 12.7. The first-order valence-corrected chi connectivity index (χ1v) is 7.15. The van der Waals surface area contributed by atoms with Crippen LogP contribution in [-0.4, -0.2) is 30.5 Å². The Labute approximate surface area is 128 Å². The van der Waals surface area contributed by atoms with Crippen LogP contribution < -0.4 is 4.90 Å². The molecule has 2 aromatic rings. The summed E-state index contributed by atoms with van der Waals surface area (Å²) in [4.78, 5) is 29.9. The minimum atomic E-state index is -0.463. The molecule has 22 heavy (non-hydrogen) atoms. The van der Waals surface area contributed by atoms with Gasteiger partial charge in [0.25, 0.3) is 5.91 Å². The van der Waals surface area contributed by atoms with E-state index in [4.69, 9.17) is 0 Å². The van der Waals surface area contributed by atoms with Gasteiger partial charge in [-0.3, -0.25) is 9.78 Å². The van der Waals surface area contributed by atoms with Crippen LogP contribution in [0.15, 0.2) is 42.6 Å². The highest BCUT2D eigenvalue weighted by Crippen LogP contribution is 2.27. The van der Waals surface area contributed by atoms with Crippen molar-refractivity contribution >= 4 is 17.6 Å². The standard InChI is InChI=1S/C17H16N2O3/c1-22-17(21)13-8-9-14(18-11-13)16(20)19-10-4-6-12-5-2-3-7-15(12)19/h2-3,5,7-9,11H,4,6,10H2,1H3. The van der Waals surface area contributed by atoms with Crippen molar-refractivity contribution in [2.45, 2.75) is 12.8 Å². The van der Waals surface area contributed by atoms with Gasteiger partial charge < -0.3 is 9.64 Å². The van der Waals surface area contributed by atoms with Crippen molar-refractivity contribution in [2.75, 3.05) is 18.6 Å². The number of nitrogens with zero attached hydrogens (tertiary/aromatic N) is 2. The Bertz CT molecular complexity index is 710. The minimum absolute atomic E-state index is 0.149. The van der Waals surface area contributed by atoms with Crippen molar-refractivity contribution in [2.24, 2.45) is 0 Å². The largest absolute Gasteiger partial charge is 0.465 e. The second-order valence-corrected chi connectivity index (χ2v) is 5.11. The first kappa shape index (κ1) is 14.3. The molecule has 0 unspecified atom stereocenters. The molecule has 5 heteroatoms. The summed E-state index contributed by atoms with van der Waals surface area (Å²) >= 11 is 0. The number of pyridine rings is 1. The maximum atomic E-state index is 12.7. The Hall–Kier alpha value is -2.69. The lowest BCUT2D eigenvalue weighted by molar-refractivity contribution is 0.0600. The molecule has 0 N–H and O–H groups in total. The van der Waals surface area contributed by atoms with Gasteiger partial charge in [0.1, 0.15) is 5.69 Å². The van der Waals surface area contributed by atoms with E-state index in [9.17, 15) is 9.59 Å². The molecule has 0 atom stereocenters. The molecule has 1 amide bonds. The molecule has 5 nitrogen and oxygen atoms in total. The van der Waals surface area contributed by atoms with Crippen LogP contribution in [0, 0.1) is 0 Å². The summed E-state index contributed by atoms with van der Waals surface area (Å²) in [6.45, 7) is 0.677. The summed E-state index contributed by atoms with van der Waals surface area (Å²) in [6.07, 6.45) is 3.28. The van der Waals surface area contributed by atoms with Crippen LogP contribution in [0.1, 0.15) is 32.8 Å². The number of methoxy groups -OCH3 is 1. The molecule has 0 saturated carbocycles. The number of aryl methyl sites for hydroxylation is 1. The zero-order valence-electron chi connectivity index (χ0n) is 12.3. The molecule has 0 radical (unpaired) electrons. The number of hydrogen-bond acceptors (Lipinski definition) is 4. The SMILES string of the molecule is COC(=O)c1ccc(C(=O)N2CCCc3ccccc32)nc1. The number of benzene rings is 1. The van der Waals surface area contributed by atoms with Gasteiger partial charge in [0.15, 0.2) is 0 Å². The van der Waals surface area contributed by atoms with E-state index < -0.39 is 5.97 Å². The molecule has 0 bridgehead atoms. The average molecular weight is 296 g/mol. The third kappa shape index (κ3) is 2.57. The van der Waals surface area contributed by atoms with Gasteiger partial charge in [0.2, 0.25) is 0 Å². The van der Waals surface area contributed by atoms with Gasteiger partial charge >= 0.3 is 5.97 Å². The molecular formula is C17H16N2O3. The fourth-order valence-corrected chi connectivity index (χ4v) is 2.64. The fourth-order valence-electron chi connectivity index (χ4n) is 2.64. The topological polar surface area (TPSA) is 59.5 Å². The summed E-state index contributed by atoms with van der Waals surface area (Å²) in [5, 5.41) is 0. The van der Waals surface area contributed by atoms with Crippen molar-refractivity contribution < 1.29 is 14.3 Å². The summed E-state index contributed by atoms with van der Waals surface area (Å²) in [6, 6.07) is 11.0. The second-order valence-electron chi connectivity index (χ2n) is 5.11. The third-order valence-corrected chi connectivity index (χ3v) is 3.76. The molecule has 3 rings (SSSR count). The Morgan fingerprint density at radius 3 is 2.73 bits per heavy atom. The van der Waals surface area contributed by atoms with Gasteiger partial charge in [-0.25, -0.2) is 4.79 Å². The van der Waals surface area contributed by atoms with Crippen LogP contribution >= 0.6 is 0 Å². The third-order valence-electron chi connectivity index (χ3n) is 3.76. The molecule has 1 aromatic carbocycles. The highest BCUT2D eigenvalue weighted by atomic mass is 16.5. The Balaban J connectivity index is 1.87. The van der Waals surface area contributed by atoms with E-state index in [0.29, 0.717) is 17.8 Å². The lowest BCUT2D eigenvalue weighted by Gasteiger charge is -2.29. The molecule has 112 valence electrons. The van der Waals surface area contributed by atoms with Crippen molar-refractivity contribution in [3.8, 4) is 0 Å². The number of carbonyl (C=O) groups is 2. The van der Waals surface area contributed by atoms with Crippen LogP contribution in [-0.2, 0) is 11.2 Å². The van der Waals surface area contributed by atoms with Gasteiger partial charge in [-0.1, -0.05) is 18.2 Å². The van der Waals surface area contributed by atoms with E-state index >= 15 is 0 Å². The van der Waals surface area contributed by atoms with Crippen molar-refractivity contribution in [1.82, 2.24) is 4.98 Å². The van der Waals surface area contributed by atoms with Gasteiger partial charge in [-0.05, 0) is 36.6 Å². The molecule has 1 aliphatic heterocycles. The maximum Gasteiger partial charge on any atom is 0.339 e. The summed E-state index contributed by atoms with van der Waals surface area (Å²) in [5.41, 5.74) is 2.77. The monoisotopic (exact) mass is 296 g/mol. The number of esters is 1. The first-order valence-electron chi connectivity index (χ1n) is 7.15. The van der Waals surface area contributed by atoms with Gasteiger partial charge in [0, 0.05) is 18.4 Å². The molecule has 1 aliphatic rings. The highest BCUT2D eigenvalue weighted by molar-refractivity contribution is 6.05. The zero-order chi connectivity index (χ0) is 15.5. The van der Waals surface area contributed by atoms with E-state index in [0.717, 1.165) is 18.5 Å². The van der Waals surface area contributed by atoms with Gasteiger partial charge in [0.05, 0.1) is 12.7 Å². The van der Waals surface area contributed by atoms with Crippen molar-refractivity contribution in [3.05, 3.63) is 59.4 Å². The smallest absolute Gasteiger partial charge is 0.339 e. The number of fused-ring (bicyclic) bond motifs is 1. The predicted octanol–water partition coefficient (Wildman–Crippen LogP) is 2.46. The van der Waals surface area contributed by atoms with Crippen LogP contribution in [0.25, 0.3) is 0 Å². The Morgan fingerprint density at radius 1 is 1.18 bits per heavy atom. The van der Waals surface area contributed by atoms with Gasteiger partial charge in [-0.2, -0.15) is 0 Å². The molecule has 2 heterocycles. The number of rotatable bonds is 2. The number of carbonyl (C=O) groups excluding carboxylic acids is 2. The minimum Gasteiger partial charge on any atom is -0.465 e. The number of anilines is 1. The number of ether oxygens (including phenoxy) is 1. The molecule has 1 aromatic heterocycles. The number of amides is 1. The number of aromatic nitrogens is 1. The van der Waals surface area contributed by atoms with E-state index in [1.807, 2.05) is 24.3 Å². The van der Waals surface area contributed by atoms with E-state index in [1.165, 1.54) is 18.9 Å². The lowest BCUT2D eigenvalue weighted by atomic mass is 10.0. The Morgan fingerprint density at radius 2 is 2.00 bits per heavy atom. The number of hydrogen-bond donors (Lipinski definition) is 0. The van der Waals surface area contributed by atoms with Gasteiger partial charge in [-0.15, -0.1) is 0 Å². The number of para-hydroxylation sites is 1. The van der Waals surface area contributed by atoms with E-state index in [2.05, 4.69) is 9.72 Å². The normalized spacial score (nSPS) is 13.4. The predicted molar refractivity (Wildman–Crippen MR) is 82.0 cm³/mol. The van der Waals surface area contributed by atoms with Crippen LogP contribution in [0.2, 0.25) is 0 Å². The molecule has 0 saturated heterocycles. The van der Waals surface area contributed by atoms with Crippen molar-refractivity contribution in [1.29, 1.82) is 0 Å². The van der Waals surface area contributed by atoms with Crippen LogP contribution in [0.3, 0.4) is 0 Å². The fraction of sp³-hybridized carbons (Fsp3) is 0.235. The molecule has 0 aliphatic carbocycles. The highest BCUT2D eigenvalue weighted by Gasteiger charge is 2.24. The first-order chi connectivity index (χ1) is 10.7. The van der Waals surface area contributed by atoms with E-state index in [-0.39, 0.29) is 5.91 Å². The molecular weight excluding hydrogens is 280 g/mol. The van der Waals surface area contributed by atoms with Crippen molar-refractivity contribution in [3.63, 3.8) is 0 Å². The van der Waals surface area contributed by atoms with E-state index in [1.54, 1.807) is 17.0 Å². The summed E-state index contributed by atoms with van der Waals surface area (Å²) < 4.78 is 4.63. The lowest BCUT2D eigenvalue weighted by Crippen LogP contribution is -2.35. The summed E-state index contributed by atoms with van der Waals surface area (Å²) in [7, 11) is 1.31. The van der Waals surface area contributed by atoms with Crippen LogP contribution in [0.4, 0.5) is 5.69 Å². The molecule has 0 spiro atoms. The second kappa shape index (κ2) is 5.97. The molecule has 0 fully saturated rings. The quantitative estimate of drug-likeness (QED) is 0.799. The Kier molecular flexibility index (Phi) is 3.87. The summed E-state index contributed by atoms with van der Waals surface area (Å²) in [5.74, 6) is -0.613. The zero-order valence-corrected chi connectivity index (χ0v) is 12.3. The average Bonchev–Trinajstić information content (AvgIpc) is 2.60.